The summed E-state index contributed by atoms with van der Waals surface area (Å²) in [6.45, 7) is 5.87. The third-order valence-electron chi connectivity index (χ3n) is 2.75. The molecule has 1 fully saturated rings. The highest BCUT2D eigenvalue weighted by Gasteiger charge is 2.12. The number of nitrogens with one attached hydrogen (secondary N) is 2. The molecule has 1 aliphatic rings. The van der Waals surface area contributed by atoms with Gasteiger partial charge in [0.05, 0.1) is 0 Å². The molecule has 1 rings (SSSR count). The van der Waals surface area contributed by atoms with Crippen molar-refractivity contribution in [3.8, 4) is 0 Å². The maximum absolute atomic E-state index is 11.4. The number of thioether (sulfide) groups is 1. The van der Waals surface area contributed by atoms with E-state index in [0.29, 0.717) is 6.42 Å². The van der Waals surface area contributed by atoms with E-state index in [4.69, 9.17) is 0 Å². The van der Waals surface area contributed by atoms with Crippen LogP contribution in [-0.4, -0.2) is 36.5 Å². The second-order valence-electron chi connectivity index (χ2n) is 4.73. The molecule has 2 N–H and O–H groups in total. The highest BCUT2D eigenvalue weighted by atomic mass is 32.2. The predicted molar refractivity (Wildman–Crippen MR) is 70.8 cm³/mol. The Morgan fingerprint density at radius 2 is 2.06 bits per heavy atom. The summed E-state index contributed by atoms with van der Waals surface area (Å²) in [4.78, 5) is 11.4. The maximum atomic E-state index is 11.4. The molecule has 1 heterocycles. The van der Waals surface area contributed by atoms with E-state index in [1.54, 1.807) is 0 Å². The van der Waals surface area contributed by atoms with Crippen LogP contribution in [0.3, 0.4) is 0 Å². The summed E-state index contributed by atoms with van der Waals surface area (Å²) in [6.07, 6.45) is 3.26. The number of rotatable bonds is 6. The van der Waals surface area contributed by atoms with E-state index in [1.807, 2.05) is 13.8 Å². The van der Waals surface area contributed by atoms with Gasteiger partial charge in [0.1, 0.15) is 0 Å². The number of hydrogen-bond donors (Lipinski definition) is 2. The summed E-state index contributed by atoms with van der Waals surface area (Å²) >= 11 is 2.06. The van der Waals surface area contributed by atoms with Gasteiger partial charge in [-0.1, -0.05) is 0 Å². The van der Waals surface area contributed by atoms with Crippen molar-refractivity contribution in [2.45, 2.75) is 39.2 Å². The van der Waals surface area contributed by atoms with Crippen LogP contribution < -0.4 is 10.6 Å². The van der Waals surface area contributed by atoms with Crippen LogP contribution in [0.1, 0.15) is 33.1 Å². The fourth-order valence-corrected chi connectivity index (χ4v) is 3.06. The first-order valence-corrected chi connectivity index (χ1v) is 7.41. The molecule has 0 aromatic heterocycles. The molecule has 1 amide bonds. The van der Waals surface area contributed by atoms with E-state index in [2.05, 4.69) is 22.4 Å². The molecule has 0 unspecified atom stereocenters. The Kier molecular flexibility index (Phi) is 6.88. The van der Waals surface area contributed by atoms with E-state index >= 15 is 0 Å². The van der Waals surface area contributed by atoms with E-state index in [9.17, 15) is 4.79 Å². The fraction of sp³-hybridized carbons (Fsp3) is 0.917. The molecule has 1 aliphatic heterocycles. The van der Waals surface area contributed by atoms with E-state index < -0.39 is 0 Å². The maximum Gasteiger partial charge on any atom is 0.221 e. The van der Waals surface area contributed by atoms with Crippen LogP contribution in [0.5, 0.6) is 0 Å². The molecule has 0 aromatic rings. The van der Waals surface area contributed by atoms with Gasteiger partial charge >= 0.3 is 0 Å². The summed E-state index contributed by atoms with van der Waals surface area (Å²) in [5, 5.41) is 6.29. The smallest absolute Gasteiger partial charge is 0.221 e. The summed E-state index contributed by atoms with van der Waals surface area (Å²) in [7, 11) is 0. The monoisotopic (exact) mass is 244 g/mol. The lowest BCUT2D eigenvalue weighted by molar-refractivity contribution is -0.121. The van der Waals surface area contributed by atoms with Crippen molar-refractivity contribution in [3.05, 3.63) is 0 Å². The summed E-state index contributed by atoms with van der Waals surface area (Å²) < 4.78 is 0. The quantitative estimate of drug-likeness (QED) is 0.698. The number of hydrogen-bond acceptors (Lipinski definition) is 3. The summed E-state index contributed by atoms with van der Waals surface area (Å²) in [6, 6.07) is 0.253. The van der Waals surface area contributed by atoms with Crippen molar-refractivity contribution in [2.24, 2.45) is 5.92 Å². The van der Waals surface area contributed by atoms with Gasteiger partial charge in [-0.05, 0) is 50.7 Å². The van der Waals surface area contributed by atoms with Crippen LogP contribution >= 0.6 is 11.8 Å². The summed E-state index contributed by atoms with van der Waals surface area (Å²) in [5.74, 6) is 3.59. The molecule has 4 heteroatoms. The van der Waals surface area contributed by atoms with Gasteiger partial charge in [-0.2, -0.15) is 11.8 Å². The van der Waals surface area contributed by atoms with Crippen LogP contribution in [0.2, 0.25) is 0 Å². The van der Waals surface area contributed by atoms with Crippen LogP contribution in [0, 0.1) is 5.92 Å². The second kappa shape index (κ2) is 7.96. The summed E-state index contributed by atoms with van der Waals surface area (Å²) in [5.41, 5.74) is 0. The van der Waals surface area contributed by atoms with Crippen molar-refractivity contribution in [3.63, 3.8) is 0 Å². The molecule has 0 aromatic carbocycles. The van der Waals surface area contributed by atoms with Gasteiger partial charge in [0, 0.05) is 19.0 Å². The van der Waals surface area contributed by atoms with Gasteiger partial charge in [0.15, 0.2) is 0 Å². The van der Waals surface area contributed by atoms with Gasteiger partial charge < -0.3 is 10.6 Å². The first kappa shape index (κ1) is 13.8. The number of amides is 1. The Labute approximate surface area is 103 Å². The Hall–Kier alpha value is -0.220. The molecule has 0 saturated carbocycles. The molecule has 1 saturated heterocycles. The van der Waals surface area contributed by atoms with Crippen LogP contribution in [0.4, 0.5) is 0 Å². The molecule has 3 nitrogen and oxygen atoms in total. The largest absolute Gasteiger partial charge is 0.354 e. The average Bonchev–Trinajstić information content (AvgIpc) is 2.25. The van der Waals surface area contributed by atoms with Gasteiger partial charge in [0.25, 0.3) is 0 Å². The van der Waals surface area contributed by atoms with Crippen molar-refractivity contribution < 1.29 is 4.79 Å². The van der Waals surface area contributed by atoms with Crippen LogP contribution in [0.25, 0.3) is 0 Å². The molecular weight excluding hydrogens is 220 g/mol. The fourth-order valence-electron chi connectivity index (χ4n) is 1.85. The zero-order valence-electron chi connectivity index (χ0n) is 10.4. The SMILES string of the molecule is CC(C)NC(=O)CCNCC1CCSCC1. The number of carbonyl (C=O) groups is 1. The third-order valence-corrected chi connectivity index (χ3v) is 3.80. The lowest BCUT2D eigenvalue weighted by Crippen LogP contribution is -2.34. The third kappa shape index (κ3) is 6.38. The minimum absolute atomic E-state index is 0.154. The van der Waals surface area contributed by atoms with Crippen molar-refractivity contribution in [1.29, 1.82) is 0 Å². The lowest BCUT2D eigenvalue weighted by atomic mass is 10.0. The van der Waals surface area contributed by atoms with Crippen LogP contribution in [0.15, 0.2) is 0 Å². The topological polar surface area (TPSA) is 41.1 Å². The van der Waals surface area contributed by atoms with Crippen molar-refractivity contribution in [1.82, 2.24) is 10.6 Å². The molecule has 94 valence electrons. The van der Waals surface area contributed by atoms with Crippen molar-refractivity contribution in [2.75, 3.05) is 24.6 Å². The molecule has 16 heavy (non-hydrogen) atoms. The lowest BCUT2D eigenvalue weighted by Gasteiger charge is -2.21. The van der Waals surface area contributed by atoms with Gasteiger partial charge in [-0.25, -0.2) is 0 Å². The first-order chi connectivity index (χ1) is 7.68. The molecule has 0 radical (unpaired) electrons. The minimum Gasteiger partial charge on any atom is -0.354 e. The zero-order valence-corrected chi connectivity index (χ0v) is 11.2. The van der Waals surface area contributed by atoms with Crippen LogP contribution in [-0.2, 0) is 4.79 Å². The van der Waals surface area contributed by atoms with E-state index in [0.717, 1.165) is 19.0 Å². The highest BCUT2D eigenvalue weighted by Crippen LogP contribution is 2.21. The predicted octanol–water partition coefficient (Wildman–Crippen LogP) is 1.63. The first-order valence-electron chi connectivity index (χ1n) is 6.26. The van der Waals surface area contributed by atoms with Gasteiger partial charge in [0.2, 0.25) is 5.91 Å². The normalized spacial score (nSPS) is 17.7. The zero-order chi connectivity index (χ0) is 11.8. The second-order valence-corrected chi connectivity index (χ2v) is 5.96. The number of carbonyl (C=O) groups excluding carboxylic acids is 1. The Morgan fingerprint density at radius 3 is 2.69 bits per heavy atom. The molecule has 0 bridgehead atoms. The highest BCUT2D eigenvalue weighted by molar-refractivity contribution is 7.99. The van der Waals surface area contributed by atoms with Crippen molar-refractivity contribution >= 4 is 17.7 Å². The molecule has 0 spiro atoms. The minimum atomic E-state index is 0.154. The molecule has 0 aliphatic carbocycles. The van der Waals surface area contributed by atoms with Gasteiger partial charge in [-0.15, -0.1) is 0 Å². The molecule has 0 atom stereocenters. The standard InChI is InChI=1S/C12H24N2OS/c1-10(2)14-12(15)3-6-13-9-11-4-7-16-8-5-11/h10-11,13H,3-9H2,1-2H3,(H,14,15). The average molecular weight is 244 g/mol. The van der Waals surface area contributed by atoms with E-state index in [1.165, 1.54) is 24.3 Å². The van der Waals surface area contributed by atoms with E-state index in [-0.39, 0.29) is 11.9 Å². The molecular formula is C12H24N2OS. The Morgan fingerprint density at radius 1 is 1.38 bits per heavy atom. The Balaban J connectivity index is 1.96. The van der Waals surface area contributed by atoms with Gasteiger partial charge in [-0.3, -0.25) is 4.79 Å². The Bertz CT molecular complexity index is 203.